The van der Waals surface area contributed by atoms with Gasteiger partial charge in [-0.2, -0.15) is 12.7 Å². The van der Waals surface area contributed by atoms with Gasteiger partial charge in [-0.15, -0.1) is 0 Å². The van der Waals surface area contributed by atoms with Crippen LogP contribution in [0.15, 0.2) is 54.6 Å². The molecule has 0 atom stereocenters. The number of nitrogens with one attached hydrogen (secondary N) is 1. The molecule has 1 N–H and O–H groups in total. The lowest BCUT2D eigenvalue weighted by Gasteiger charge is -2.17. The molecule has 6 heteroatoms. The van der Waals surface area contributed by atoms with Gasteiger partial charge in [0.2, 0.25) is 0 Å². The maximum atomic E-state index is 12.2. The molecular weight excluding hydrogens is 300 g/mol. The molecule has 0 aromatic heterocycles. The summed E-state index contributed by atoms with van der Waals surface area (Å²) in [6.07, 6.45) is 1.84. The lowest BCUT2D eigenvalue weighted by molar-refractivity contribution is 0.481. The molecule has 0 saturated carbocycles. The molecular formula is C16H18N2O3S. The van der Waals surface area contributed by atoms with Crippen molar-refractivity contribution in [2.45, 2.75) is 12.8 Å². The topological polar surface area (TPSA) is 58.6 Å². The smallest absolute Gasteiger partial charge is 0.301 e. The molecule has 3 rings (SSSR count). The zero-order valence-corrected chi connectivity index (χ0v) is 12.9. The lowest BCUT2D eigenvalue weighted by atomic mass is 10.3. The highest BCUT2D eigenvalue weighted by atomic mass is 32.2. The molecule has 0 radical (unpaired) electrons. The molecule has 2 aromatic carbocycles. The first-order chi connectivity index (χ1) is 10.6. The summed E-state index contributed by atoms with van der Waals surface area (Å²) in [4.78, 5) is 0. The summed E-state index contributed by atoms with van der Waals surface area (Å²) < 4.78 is 34.1. The summed E-state index contributed by atoms with van der Waals surface area (Å²) in [5.74, 6) is 1.41. The maximum Gasteiger partial charge on any atom is 0.301 e. The molecule has 0 bridgehead atoms. The van der Waals surface area contributed by atoms with Gasteiger partial charge in [0.1, 0.15) is 11.5 Å². The van der Waals surface area contributed by atoms with Crippen molar-refractivity contribution in [3.8, 4) is 11.5 Å². The second-order valence-electron chi connectivity index (χ2n) is 5.15. The van der Waals surface area contributed by atoms with Gasteiger partial charge >= 0.3 is 10.2 Å². The number of hydrogen-bond acceptors (Lipinski definition) is 3. The predicted octanol–water partition coefficient (Wildman–Crippen LogP) is 3.23. The van der Waals surface area contributed by atoms with Crippen molar-refractivity contribution in [3.63, 3.8) is 0 Å². The molecule has 1 fully saturated rings. The Balaban J connectivity index is 1.66. The molecule has 2 aromatic rings. The first-order valence-electron chi connectivity index (χ1n) is 7.24. The van der Waals surface area contributed by atoms with Gasteiger partial charge in [-0.1, -0.05) is 18.2 Å². The molecule has 5 nitrogen and oxygen atoms in total. The van der Waals surface area contributed by atoms with E-state index in [0.717, 1.165) is 18.6 Å². The summed E-state index contributed by atoms with van der Waals surface area (Å²) in [7, 11) is -3.44. The van der Waals surface area contributed by atoms with Gasteiger partial charge in [0.15, 0.2) is 0 Å². The number of para-hydroxylation sites is 1. The molecule has 0 unspecified atom stereocenters. The second kappa shape index (κ2) is 6.37. The van der Waals surface area contributed by atoms with Crippen molar-refractivity contribution in [2.24, 2.45) is 0 Å². The molecule has 1 heterocycles. The molecule has 1 saturated heterocycles. The Morgan fingerprint density at radius 3 is 2.09 bits per heavy atom. The van der Waals surface area contributed by atoms with Crippen LogP contribution in [0.2, 0.25) is 0 Å². The van der Waals surface area contributed by atoms with Crippen LogP contribution < -0.4 is 9.46 Å². The van der Waals surface area contributed by atoms with E-state index in [2.05, 4.69) is 4.72 Å². The van der Waals surface area contributed by atoms with Gasteiger partial charge in [-0.3, -0.25) is 4.72 Å². The first kappa shape index (κ1) is 14.9. The normalized spacial score (nSPS) is 15.6. The van der Waals surface area contributed by atoms with E-state index >= 15 is 0 Å². The molecule has 0 amide bonds. The number of nitrogens with zero attached hydrogens (tertiary/aromatic N) is 1. The van der Waals surface area contributed by atoms with Crippen molar-refractivity contribution in [3.05, 3.63) is 54.6 Å². The Kier molecular flexibility index (Phi) is 4.31. The van der Waals surface area contributed by atoms with Crippen LogP contribution in [0.25, 0.3) is 0 Å². The Labute approximate surface area is 130 Å². The summed E-state index contributed by atoms with van der Waals surface area (Å²) in [5.41, 5.74) is 0.535. The number of rotatable bonds is 5. The second-order valence-corrected chi connectivity index (χ2v) is 6.82. The summed E-state index contributed by atoms with van der Waals surface area (Å²) in [6.45, 7) is 1.18. The lowest BCUT2D eigenvalue weighted by Crippen LogP contribution is -2.33. The van der Waals surface area contributed by atoms with E-state index in [1.54, 1.807) is 24.3 Å². The van der Waals surface area contributed by atoms with E-state index in [0.29, 0.717) is 24.5 Å². The molecule has 0 spiro atoms. The van der Waals surface area contributed by atoms with Gasteiger partial charge in [0.05, 0.1) is 5.69 Å². The average Bonchev–Trinajstić information content (AvgIpc) is 3.05. The number of hydrogen-bond donors (Lipinski definition) is 1. The minimum Gasteiger partial charge on any atom is -0.457 e. The third-order valence-corrected chi connectivity index (χ3v) is 5.02. The van der Waals surface area contributed by atoms with E-state index in [-0.39, 0.29) is 0 Å². The first-order valence-corrected chi connectivity index (χ1v) is 8.68. The number of benzene rings is 2. The van der Waals surface area contributed by atoms with E-state index in [1.165, 1.54) is 4.31 Å². The molecule has 22 heavy (non-hydrogen) atoms. The van der Waals surface area contributed by atoms with Gasteiger partial charge in [0.25, 0.3) is 0 Å². The van der Waals surface area contributed by atoms with Crippen LogP contribution in [0.5, 0.6) is 11.5 Å². The van der Waals surface area contributed by atoms with Crippen LogP contribution in [-0.4, -0.2) is 25.8 Å². The van der Waals surface area contributed by atoms with Crippen molar-refractivity contribution in [2.75, 3.05) is 17.8 Å². The highest BCUT2D eigenvalue weighted by Crippen LogP contribution is 2.23. The monoisotopic (exact) mass is 318 g/mol. The Hall–Kier alpha value is -2.05. The summed E-state index contributed by atoms with van der Waals surface area (Å²) in [5, 5.41) is 0. The molecule has 116 valence electrons. The highest BCUT2D eigenvalue weighted by molar-refractivity contribution is 7.90. The van der Waals surface area contributed by atoms with Gasteiger partial charge in [-0.25, -0.2) is 0 Å². The molecule has 1 aliphatic rings. The Morgan fingerprint density at radius 1 is 0.864 bits per heavy atom. The Morgan fingerprint density at radius 2 is 1.45 bits per heavy atom. The van der Waals surface area contributed by atoms with Gasteiger partial charge < -0.3 is 4.74 Å². The van der Waals surface area contributed by atoms with E-state index in [1.807, 2.05) is 30.3 Å². The number of ether oxygens (including phenoxy) is 1. The average molecular weight is 318 g/mol. The standard InChI is InChI=1S/C16H18N2O3S/c19-22(20,18-12-4-5-13-18)17-14-8-10-16(11-9-14)21-15-6-2-1-3-7-15/h1-3,6-11,17H,4-5,12-13H2. The van der Waals surface area contributed by atoms with Crippen molar-refractivity contribution in [1.82, 2.24) is 4.31 Å². The maximum absolute atomic E-state index is 12.2. The zero-order chi connectivity index (χ0) is 15.4. The van der Waals surface area contributed by atoms with Crippen molar-refractivity contribution >= 4 is 15.9 Å². The third-order valence-electron chi connectivity index (χ3n) is 3.48. The predicted molar refractivity (Wildman–Crippen MR) is 86.3 cm³/mol. The van der Waals surface area contributed by atoms with Crippen molar-refractivity contribution in [1.29, 1.82) is 0 Å². The van der Waals surface area contributed by atoms with Crippen LogP contribution in [0, 0.1) is 0 Å². The van der Waals surface area contributed by atoms with Gasteiger partial charge in [0, 0.05) is 13.1 Å². The van der Waals surface area contributed by atoms with Crippen LogP contribution >= 0.6 is 0 Å². The van der Waals surface area contributed by atoms with Crippen LogP contribution in [0.4, 0.5) is 5.69 Å². The highest BCUT2D eigenvalue weighted by Gasteiger charge is 2.24. The molecule has 1 aliphatic heterocycles. The summed E-state index contributed by atoms with van der Waals surface area (Å²) >= 11 is 0. The fourth-order valence-electron chi connectivity index (χ4n) is 2.36. The van der Waals surface area contributed by atoms with Crippen LogP contribution in [0.1, 0.15) is 12.8 Å². The van der Waals surface area contributed by atoms with E-state index in [4.69, 9.17) is 4.74 Å². The third kappa shape index (κ3) is 3.58. The van der Waals surface area contributed by atoms with E-state index < -0.39 is 10.2 Å². The van der Waals surface area contributed by atoms with Crippen molar-refractivity contribution < 1.29 is 13.2 Å². The fourth-order valence-corrected chi connectivity index (χ4v) is 3.66. The van der Waals surface area contributed by atoms with Crippen LogP contribution in [0.3, 0.4) is 0 Å². The zero-order valence-electron chi connectivity index (χ0n) is 12.1. The van der Waals surface area contributed by atoms with Gasteiger partial charge in [-0.05, 0) is 49.2 Å². The van der Waals surface area contributed by atoms with Crippen LogP contribution in [-0.2, 0) is 10.2 Å². The fraction of sp³-hybridized carbons (Fsp3) is 0.250. The minimum absolute atomic E-state index is 0.535. The largest absolute Gasteiger partial charge is 0.457 e. The van der Waals surface area contributed by atoms with E-state index in [9.17, 15) is 8.42 Å². The Bertz CT molecular complexity index is 709. The minimum atomic E-state index is -3.44. The molecule has 0 aliphatic carbocycles. The number of anilines is 1. The quantitative estimate of drug-likeness (QED) is 0.921. The summed E-state index contributed by atoms with van der Waals surface area (Å²) in [6, 6.07) is 16.3. The SMILES string of the molecule is O=S(=O)(Nc1ccc(Oc2ccccc2)cc1)N1CCCC1.